The molecule has 1 rings (SSSR count). The smallest absolute Gasteiger partial charge is 0.136 e. The van der Waals surface area contributed by atoms with E-state index < -0.39 is 0 Å². The summed E-state index contributed by atoms with van der Waals surface area (Å²) >= 11 is 14.4. The third-order valence-electron chi connectivity index (χ3n) is 4.80. The summed E-state index contributed by atoms with van der Waals surface area (Å²) in [5, 5.41) is 10.6. The van der Waals surface area contributed by atoms with Gasteiger partial charge in [0.2, 0.25) is 0 Å². The van der Waals surface area contributed by atoms with Gasteiger partial charge in [-0.05, 0) is 58.2 Å². The van der Waals surface area contributed by atoms with Crippen LogP contribution in [-0.4, -0.2) is 49.7 Å². The second-order valence-corrected chi connectivity index (χ2v) is 9.47. The Kier molecular flexibility index (Phi) is 11.0. The monoisotopic (exact) mass is 444 g/mol. The van der Waals surface area contributed by atoms with Crippen molar-refractivity contribution in [3.63, 3.8) is 0 Å². The van der Waals surface area contributed by atoms with Crippen LogP contribution in [0.3, 0.4) is 0 Å². The van der Waals surface area contributed by atoms with E-state index in [9.17, 15) is 5.11 Å². The van der Waals surface area contributed by atoms with Crippen molar-refractivity contribution in [1.29, 1.82) is 0 Å². The van der Waals surface area contributed by atoms with Crippen LogP contribution in [0.5, 0.6) is 5.75 Å². The highest BCUT2D eigenvalue weighted by Gasteiger charge is 2.15. The van der Waals surface area contributed by atoms with Crippen molar-refractivity contribution in [1.82, 2.24) is 9.80 Å². The molecule has 0 bridgehead atoms. The average Bonchev–Trinajstić information content (AvgIpc) is 2.66. The molecular weight excluding hydrogens is 413 g/mol. The van der Waals surface area contributed by atoms with Crippen molar-refractivity contribution in [2.75, 3.05) is 26.2 Å². The van der Waals surface area contributed by atoms with Gasteiger partial charge in [-0.1, -0.05) is 54.0 Å². The fraction of sp³-hybridized carbons (Fsp3) is 0.600. The zero-order chi connectivity index (χ0) is 20.6. The van der Waals surface area contributed by atoms with E-state index in [1.54, 1.807) is 23.5 Å². The molecule has 0 saturated heterocycles. The zero-order valence-electron chi connectivity index (χ0n) is 17.3. The van der Waals surface area contributed by atoms with E-state index in [-0.39, 0.29) is 0 Å². The summed E-state index contributed by atoms with van der Waals surface area (Å²) in [4.78, 5) is 4.36. The van der Waals surface area contributed by atoms with Crippen molar-refractivity contribution in [2.24, 2.45) is 0 Å². The summed E-state index contributed by atoms with van der Waals surface area (Å²) in [6, 6.07) is 2.12. The Morgan fingerprint density at radius 2 is 1.22 bits per heavy atom. The maximum Gasteiger partial charge on any atom is 0.136 e. The highest BCUT2D eigenvalue weighted by atomic mass is 32.2. The highest BCUT2D eigenvalue weighted by molar-refractivity contribution is 8.22. The number of phenols is 1. The molecule has 0 fully saturated rings. The summed E-state index contributed by atoms with van der Waals surface area (Å²) in [5.74, 6) is 1.89. The number of nitrogens with zero attached hydrogens (tertiary/aromatic N) is 2. The molecule has 152 valence electrons. The second kappa shape index (κ2) is 12.1. The van der Waals surface area contributed by atoms with Crippen LogP contribution in [0.15, 0.2) is 6.07 Å². The minimum absolute atomic E-state index is 0.391. The zero-order valence-corrected chi connectivity index (χ0v) is 20.6. The minimum atomic E-state index is 0.391. The molecule has 3 nitrogen and oxygen atoms in total. The molecule has 0 atom stereocenters. The first-order valence-corrected chi connectivity index (χ1v) is 12.2. The Labute approximate surface area is 184 Å². The maximum atomic E-state index is 10.6. The van der Waals surface area contributed by atoms with Crippen LogP contribution in [0.2, 0.25) is 0 Å². The predicted molar refractivity (Wildman–Crippen MR) is 131 cm³/mol. The quantitative estimate of drug-likeness (QED) is 0.512. The lowest BCUT2D eigenvalue weighted by Crippen LogP contribution is -2.26. The molecule has 0 amide bonds. The van der Waals surface area contributed by atoms with E-state index in [1.807, 2.05) is 6.92 Å². The molecule has 0 spiro atoms. The second-order valence-electron chi connectivity index (χ2n) is 6.25. The molecule has 0 radical (unpaired) electrons. The number of aromatic hydroxyl groups is 1. The van der Waals surface area contributed by atoms with E-state index >= 15 is 0 Å². The average molecular weight is 445 g/mol. The van der Waals surface area contributed by atoms with Gasteiger partial charge >= 0.3 is 0 Å². The SMILES string of the molecule is CCN(CC)C(=S)SCc1cc(CSC(=S)N(CC)CC)c(O)c(C)c1C. The Morgan fingerprint density at radius 1 is 0.815 bits per heavy atom. The maximum absolute atomic E-state index is 10.6. The van der Waals surface area contributed by atoms with E-state index in [4.69, 9.17) is 24.4 Å². The number of phenolic OH excluding ortho intramolecular Hbond substituents is 1. The number of benzene rings is 1. The van der Waals surface area contributed by atoms with Gasteiger partial charge < -0.3 is 14.9 Å². The standard InChI is InChI=1S/C20H32N2OS4/c1-7-21(8-2)19(24)26-12-16-11-17(18(23)15(6)14(16)5)13-27-20(25)22(9-3)10-4/h11,23H,7-10,12-13H2,1-6H3. The molecule has 1 aromatic carbocycles. The van der Waals surface area contributed by atoms with Crippen LogP contribution < -0.4 is 0 Å². The van der Waals surface area contributed by atoms with Crippen molar-refractivity contribution >= 4 is 56.6 Å². The fourth-order valence-corrected chi connectivity index (χ4v) is 5.56. The first kappa shape index (κ1) is 24.5. The van der Waals surface area contributed by atoms with Crippen molar-refractivity contribution < 1.29 is 5.11 Å². The van der Waals surface area contributed by atoms with E-state index in [0.29, 0.717) is 11.5 Å². The lowest BCUT2D eigenvalue weighted by atomic mass is 10.00. The van der Waals surface area contributed by atoms with Gasteiger partial charge in [-0.2, -0.15) is 0 Å². The first-order chi connectivity index (χ1) is 12.8. The van der Waals surface area contributed by atoms with Crippen LogP contribution in [0.4, 0.5) is 0 Å². The number of thioether (sulfide) groups is 2. The molecule has 0 aliphatic heterocycles. The Hall–Kier alpha value is -0.500. The van der Waals surface area contributed by atoms with Crippen LogP contribution in [0, 0.1) is 13.8 Å². The molecule has 0 aromatic heterocycles. The van der Waals surface area contributed by atoms with Gasteiger partial charge in [-0.3, -0.25) is 0 Å². The van der Waals surface area contributed by atoms with E-state index in [0.717, 1.165) is 57.3 Å². The van der Waals surface area contributed by atoms with Crippen LogP contribution in [0.25, 0.3) is 0 Å². The molecule has 0 unspecified atom stereocenters. The number of thiocarbonyl (C=S) groups is 2. The van der Waals surface area contributed by atoms with Crippen LogP contribution in [0.1, 0.15) is 49.9 Å². The third kappa shape index (κ3) is 6.80. The summed E-state index contributed by atoms with van der Waals surface area (Å²) in [7, 11) is 0. The summed E-state index contributed by atoms with van der Waals surface area (Å²) < 4.78 is 1.82. The normalized spacial score (nSPS) is 10.7. The van der Waals surface area contributed by atoms with Gasteiger partial charge in [0.15, 0.2) is 0 Å². The number of rotatable bonds is 8. The number of hydrogen-bond acceptors (Lipinski definition) is 5. The molecule has 7 heteroatoms. The largest absolute Gasteiger partial charge is 0.507 e. The van der Waals surface area contributed by atoms with Crippen LogP contribution in [-0.2, 0) is 11.5 Å². The Bertz CT molecular complexity index is 604. The molecule has 0 saturated carbocycles. The Balaban J connectivity index is 2.92. The number of hydrogen-bond donors (Lipinski definition) is 1. The first-order valence-electron chi connectivity index (χ1n) is 9.44. The van der Waals surface area contributed by atoms with Gasteiger partial charge in [-0.25, -0.2) is 0 Å². The molecule has 0 heterocycles. The van der Waals surface area contributed by atoms with Gasteiger partial charge in [0, 0.05) is 43.2 Å². The van der Waals surface area contributed by atoms with E-state index in [1.165, 1.54) is 5.56 Å². The highest BCUT2D eigenvalue weighted by Crippen LogP contribution is 2.33. The molecular formula is C20H32N2OS4. The van der Waals surface area contributed by atoms with E-state index in [2.05, 4.69) is 50.5 Å². The summed E-state index contributed by atoms with van der Waals surface area (Å²) in [6.45, 7) is 16.2. The van der Waals surface area contributed by atoms with Crippen molar-refractivity contribution in [3.05, 3.63) is 28.3 Å². The molecule has 0 aliphatic rings. The fourth-order valence-electron chi connectivity index (χ4n) is 2.73. The topological polar surface area (TPSA) is 26.7 Å². The van der Waals surface area contributed by atoms with Crippen molar-refractivity contribution in [2.45, 2.75) is 53.0 Å². The molecule has 0 aliphatic carbocycles. The molecule has 27 heavy (non-hydrogen) atoms. The van der Waals surface area contributed by atoms with Crippen molar-refractivity contribution in [3.8, 4) is 5.75 Å². The lowest BCUT2D eigenvalue weighted by Gasteiger charge is -2.22. The lowest BCUT2D eigenvalue weighted by molar-refractivity contribution is 0.465. The predicted octanol–water partition coefficient (Wildman–Crippen LogP) is 5.73. The summed E-state index contributed by atoms with van der Waals surface area (Å²) in [6.07, 6.45) is 0. The molecule has 1 N–H and O–H groups in total. The van der Waals surface area contributed by atoms with Gasteiger partial charge in [0.25, 0.3) is 0 Å². The van der Waals surface area contributed by atoms with Gasteiger partial charge in [0.1, 0.15) is 14.4 Å². The van der Waals surface area contributed by atoms with Crippen LogP contribution >= 0.6 is 48.0 Å². The Morgan fingerprint density at radius 3 is 1.63 bits per heavy atom. The van der Waals surface area contributed by atoms with Gasteiger partial charge in [0.05, 0.1) is 0 Å². The summed E-state index contributed by atoms with van der Waals surface area (Å²) in [5.41, 5.74) is 4.27. The van der Waals surface area contributed by atoms with Gasteiger partial charge in [-0.15, -0.1) is 0 Å². The molecule has 1 aromatic rings. The minimum Gasteiger partial charge on any atom is -0.507 e. The third-order valence-corrected chi connectivity index (χ3v) is 7.94.